The monoisotopic (exact) mass is 353 g/mol. The van der Waals surface area contributed by atoms with Gasteiger partial charge in [0.25, 0.3) is 0 Å². The van der Waals surface area contributed by atoms with Crippen LogP contribution in [-0.4, -0.2) is 37.8 Å². The molecule has 0 atom stereocenters. The molecular formula is C18H19N5OS. The molecule has 128 valence electrons. The SMILES string of the molecule is Cn1cc2cc(-n3cc4sc(C5CCNCC5)cc4n3)c(O)cc2n1. The van der Waals surface area contributed by atoms with E-state index < -0.39 is 0 Å². The van der Waals surface area contributed by atoms with Crippen LogP contribution in [0.3, 0.4) is 0 Å². The van der Waals surface area contributed by atoms with E-state index in [1.165, 1.54) is 22.4 Å². The quantitative estimate of drug-likeness (QED) is 0.581. The van der Waals surface area contributed by atoms with Gasteiger partial charge >= 0.3 is 0 Å². The molecule has 0 radical (unpaired) electrons. The zero-order chi connectivity index (χ0) is 17.0. The van der Waals surface area contributed by atoms with Crippen molar-refractivity contribution >= 4 is 32.5 Å². The summed E-state index contributed by atoms with van der Waals surface area (Å²) < 4.78 is 4.69. The number of fused-ring (bicyclic) bond motifs is 2. The standard InChI is InChI=1S/C18H19N5OS/c1-22-9-12-6-15(16(24)7-13(12)20-22)23-10-18-14(21-23)8-17(25-18)11-2-4-19-5-3-11/h6-11,19,24H,2-5H2,1H3. The van der Waals surface area contributed by atoms with Crippen molar-refractivity contribution in [3.8, 4) is 11.4 Å². The highest BCUT2D eigenvalue weighted by Gasteiger charge is 2.19. The van der Waals surface area contributed by atoms with Crippen molar-refractivity contribution in [2.75, 3.05) is 13.1 Å². The van der Waals surface area contributed by atoms with Gasteiger partial charge in [-0.3, -0.25) is 4.68 Å². The summed E-state index contributed by atoms with van der Waals surface area (Å²) in [5, 5.41) is 23.8. The van der Waals surface area contributed by atoms with E-state index in [0.29, 0.717) is 11.6 Å². The van der Waals surface area contributed by atoms with Crippen LogP contribution in [0.15, 0.2) is 30.6 Å². The highest BCUT2D eigenvalue weighted by atomic mass is 32.1. The van der Waals surface area contributed by atoms with E-state index in [1.807, 2.05) is 36.8 Å². The Morgan fingerprint density at radius 1 is 1.12 bits per heavy atom. The third-order valence-corrected chi connectivity index (χ3v) is 6.14. The zero-order valence-electron chi connectivity index (χ0n) is 13.9. The number of benzene rings is 1. The van der Waals surface area contributed by atoms with Gasteiger partial charge in [-0.2, -0.15) is 10.2 Å². The van der Waals surface area contributed by atoms with Crippen LogP contribution in [0.1, 0.15) is 23.6 Å². The van der Waals surface area contributed by atoms with Crippen molar-refractivity contribution in [2.24, 2.45) is 7.05 Å². The van der Waals surface area contributed by atoms with Gasteiger partial charge in [0.05, 0.1) is 10.2 Å². The van der Waals surface area contributed by atoms with Crippen molar-refractivity contribution in [2.45, 2.75) is 18.8 Å². The van der Waals surface area contributed by atoms with Crippen LogP contribution >= 0.6 is 11.3 Å². The fraction of sp³-hybridized carbons (Fsp3) is 0.333. The summed E-state index contributed by atoms with van der Waals surface area (Å²) >= 11 is 1.82. The minimum atomic E-state index is 0.194. The topological polar surface area (TPSA) is 67.9 Å². The minimum Gasteiger partial charge on any atom is -0.506 e. The summed E-state index contributed by atoms with van der Waals surface area (Å²) in [5.41, 5.74) is 2.47. The van der Waals surface area contributed by atoms with Crippen LogP contribution in [0.2, 0.25) is 0 Å². The van der Waals surface area contributed by atoms with Crippen molar-refractivity contribution in [1.29, 1.82) is 0 Å². The average molecular weight is 353 g/mol. The van der Waals surface area contributed by atoms with E-state index in [-0.39, 0.29) is 5.75 Å². The Labute approximate surface area is 148 Å². The van der Waals surface area contributed by atoms with Gasteiger partial charge in [0.1, 0.15) is 17.0 Å². The van der Waals surface area contributed by atoms with E-state index in [2.05, 4.69) is 16.5 Å². The molecule has 1 fully saturated rings. The number of rotatable bonds is 2. The van der Waals surface area contributed by atoms with E-state index in [4.69, 9.17) is 5.10 Å². The highest BCUT2D eigenvalue weighted by Crippen LogP contribution is 2.36. The van der Waals surface area contributed by atoms with Gasteiger partial charge in [0.2, 0.25) is 0 Å². The van der Waals surface area contributed by atoms with Crippen molar-refractivity contribution in [3.05, 3.63) is 35.5 Å². The summed E-state index contributed by atoms with van der Waals surface area (Å²) in [6.45, 7) is 2.19. The summed E-state index contributed by atoms with van der Waals surface area (Å²) in [4.78, 5) is 1.43. The van der Waals surface area contributed by atoms with Gasteiger partial charge in [0.15, 0.2) is 0 Å². The number of aryl methyl sites for hydroxylation is 1. The van der Waals surface area contributed by atoms with Gasteiger partial charge in [0, 0.05) is 35.8 Å². The Bertz CT molecular complexity index is 1040. The van der Waals surface area contributed by atoms with Crippen molar-refractivity contribution in [1.82, 2.24) is 24.9 Å². The van der Waals surface area contributed by atoms with Crippen LogP contribution in [-0.2, 0) is 7.05 Å². The molecular weight excluding hydrogens is 334 g/mol. The minimum absolute atomic E-state index is 0.194. The van der Waals surface area contributed by atoms with Gasteiger partial charge in [-0.05, 0) is 44.0 Å². The Kier molecular flexibility index (Phi) is 3.33. The molecule has 0 amide bonds. The molecule has 6 nitrogen and oxygen atoms in total. The Hall–Kier alpha value is -2.38. The molecule has 4 heterocycles. The van der Waals surface area contributed by atoms with Crippen molar-refractivity contribution < 1.29 is 5.11 Å². The second-order valence-corrected chi connectivity index (χ2v) is 7.81. The molecule has 2 N–H and O–H groups in total. The zero-order valence-corrected chi connectivity index (χ0v) is 14.8. The number of thiophene rings is 1. The Morgan fingerprint density at radius 2 is 1.96 bits per heavy atom. The lowest BCUT2D eigenvalue weighted by Crippen LogP contribution is -2.26. The molecule has 0 unspecified atom stereocenters. The molecule has 1 aliphatic heterocycles. The number of phenolic OH excluding ortho intramolecular Hbond substituents is 1. The fourth-order valence-corrected chi connectivity index (χ4v) is 4.81. The van der Waals surface area contributed by atoms with Gasteiger partial charge in [-0.25, -0.2) is 4.68 Å². The normalized spacial score (nSPS) is 16.2. The molecule has 1 aromatic carbocycles. The van der Waals surface area contributed by atoms with Gasteiger partial charge in [-0.1, -0.05) is 0 Å². The van der Waals surface area contributed by atoms with Crippen LogP contribution in [0.4, 0.5) is 0 Å². The fourth-order valence-electron chi connectivity index (χ4n) is 3.63. The third-order valence-electron chi connectivity index (χ3n) is 4.92. The van der Waals surface area contributed by atoms with E-state index in [0.717, 1.165) is 29.5 Å². The first kappa shape index (κ1) is 14.9. The van der Waals surface area contributed by atoms with E-state index in [1.54, 1.807) is 15.4 Å². The Balaban J connectivity index is 1.54. The van der Waals surface area contributed by atoms with Crippen LogP contribution in [0, 0.1) is 0 Å². The number of phenols is 1. The molecule has 1 saturated heterocycles. The van der Waals surface area contributed by atoms with Gasteiger partial charge in [-0.15, -0.1) is 11.3 Å². The smallest absolute Gasteiger partial charge is 0.143 e. The Morgan fingerprint density at radius 3 is 2.76 bits per heavy atom. The summed E-state index contributed by atoms with van der Waals surface area (Å²) in [6, 6.07) is 5.84. The second kappa shape index (κ2) is 5.57. The molecule has 5 rings (SSSR count). The maximum Gasteiger partial charge on any atom is 0.143 e. The maximum atomic E-state index is 10.4. The molecule has 0 spiro atoms. The molecule has 0 aliphatic carbocycles. The first-order chi connectivity index (χ1) is 12.2. The lowest BCUT2D eigenvalue weighted by atomic mass is 9.96. The predicted octanol–water partition coefficient (Wildman–Crippen LogP) is 3.15. The third kappa shape index (κ3) is 2.51. The molecule has 4 aromatic rings. The van der Waals surface area contributed by atoms with Gasteiger partial charge < -0.3 is 10.4 Å². The number of aromatic nitrogens is 4. The van der Waals surface area contributed by atoms with E-state index in [9.17, 15) is 5.11 Å². The molecule has 1 aliphatic rings. The number of nitrogens with one attached hydrogen (secondary N) is 1. The first-order valence-electron chi connectivity index (χ1n) is 8.54. The van der Waals surface area contributed by atoms with Crippen LogP contribution in [0.25, 0.3) is 26.8 Å². The summed E-state index contributed by atoms with van der Waals surface area (Å²) in [5.74, 6) is 0.842. The van der Waals surface area contributed by atoms with Crippen LogP contribution in [0.5, 0.6) is 5.75 Å². The first-order valence-corrected chi connectivity index (χ1v) is 9.35. The lowest BCUT2D eigenvalue weighted by Gasteiger charge is -2.21. The van der Waals surface area contributed by atoms with Crippen LogP contribution < -0.4 is 5.32 Å². The molecule has 25 heavy (non-hydrogen) atoms. The van der Waals surface area contributed by atoms with Crippen molar-refractivity contribution in [3.63, 3.8) is 0 Å². The van der Waals surface area contributed by atoms with E-state index >= 15 is 0 Å². The molecule has 0 saturated carbocycles. The second-order valence-electron chi connectivity index (χ2n) is 6.70. The lowest BCUT2D eigenvalue weighted by molar-refractivity contribution is 0.465. The number of hydrogen-bond acceptors (Lipinski definition) is 5. The molecule has 3 aromatic heterocycles. The summed E-state index contributed by atoms with van der Waals surface area (Å²) in [7, 11) is 1.88. The number of hydrogen-bond donors (Lipinski definition) is 2. The number of piperidine rings is 1. The number of aromatic hydroxyl groups is 1. The summed E-state index contributed by atoms with van der Waals surface area (Å²) in [6.07, 6.45) is 6.35. The predicted molar refractivity (Wildman–Crippen MR) is 99.7 cm³/mol. The number of nitrogens with zero attached hydrogens (tertiary/aromatic N) is 4. The maximum absolute atomic E-state index is 10.4. The average Bonchev–Trinajstić information content (AvgIpc) is 3.26. The largest absolute Gasteiger partial charge is 0.506 e. The molecule has 0 bridgehead atoms. The highest BCUT2D eigenvalue weighted by molar-refractivity contribution is 7.19. The molecule has 7 heteroatoms.